The summed E-state index contributed by atoms with van der Waals surface area (Å²) >= 11 is 12.2. The average molecular weight is 406 g/mol. The van der Waals surface area contributed by atoms with Crippen molar-refractivity contribution in [3.63, 3.8) is 0 Å². The van der Waals surface area contributed by atoms with Crippen molar-refractivity contribution < 1.29 is 4.79 Å². The van der Waals surface area contributed by atoms with Gasteiger partial charge >= 0.3 is 0 Å². The molecule has 0 aromatic carbocycles. The van der Waals surface area contributed by atoms with Crippen LogP contribution < -0.4 is 0 Å². The Kier molecular flexibility index (Phi) is 4.69. The van der Waals surface area contributed by atoms with E-state index >= 15 is 0 Å². The number of aromatic nitrogens is 1. The number of fused-ring (bicyclic) bond motifs is 6. The Morgan fingerprint density at radius 1 is 1.15 bits per heavy atom. The van der Waals surface area contributed by atoms with E-state index in [9.17, 15) is 4.79 Å². The van der Waals surface area contributed by atoms with Gasteiger partial charge in [0.15, 0.2) is 0 Å². The molecule has 0 radical (unpaired) electrons. The van der Waals surface area contributed by atoms with Crippen LogP contribution in [0.4, 0.5) is 0 Å². The van der Waals surface area contributed by atoms with Crippen LogP contribution in [-0.2, 0) is 0 Å². The molecule has 1 aromatic heterocycles. The summed E-state index contributed by atoms with van der Waals surface area (Å²) in [6.07, 6.45) is 9.91. The molecule has 1 aromatic rings. The van der Waals surface area contributed by atoms with E-state index in [0.717, 1.165) is 32.0 Å². The highest BCUT2D eigenvalue weighted by Gasteiger charge is 2.47. The van der Waals surface area contributed by atoms with Crippen LogP contribution in [0.5, 0.6) is 0 Å². The predicted molar refractivity (Wildman–Crippen MR) is 107 cm³/mol. The number of hydrogen-bond donors (Lipinski definition) is 0. The number of nitrogens with zero attached hydrogens (tertiary/aromatic N) is 3. The van der Waals surface area contributed by atoms with E-state index in [1.807, 2.05) is 0 Å². The zero-order chi connectivity index (χ0) is 18.5. The number of rotatable bonds is 1. The summed E-state index contributed by atoms with van der Waals surface area (Å²) in [6, 6.07) is 4.31. The second-order valence-electron chi connectivity index (χ2n) is 8.48. The summed E-state index contributed by atoms with van der Waals surface area (Å²) in [6.45, 7) is 3.14. The molecule has 3 aliphatic heterocycles. The van der Waals surface area contributed by atoms with Crippen molar-refractivity contribution >= 4 is 29.1 Å². The van der Waals surface area contributed by atoms with Crippen LogP contribution in [0.1, 0.15) is 48.9 Å². The minimum absolute atomic E-state index is 0.000940. The smallest absolute Gasteiger partial charge is 0.257 e. The van der Waals surface area contributed by atoms with Gasteiger partial charge in [-0.1, -0.05) is 41.3 Å². The van der Waals surface area contributed by atoms with E-state index in [-0.39, 0.29) is 17.1 Å². The summed E-state index contributed by atoms with van der Waals surface area (Å²) < 4.78 is 0. The number of piperidine rings is 3. The third kappa shape index (κ3) is 3.10. The van der Waals surface area contributed by atoms with Crippen LogP contribution in [0.25, 0.3) is 0 Å². The summed E-state index contributed by atoms with van der Waals surface area (Å²) in [7, 11) is 0. The third-order valence-electron chi connectivity index (χ3n) is 6.96. The molecular weight excluding hydrogens is 381 g/mol. The van der Waals surface area contributed by atoms with Crippen molar-refractivity contribution in [1.29, 1.82) is 0 Å². The van der Waals surface area contributed by atoms with Crippen molar-refractivity contribution in [1.82, 2.24) is 14.8 Å². The van der Waals surface area contributed by atoms with Crippen molar-refractivity contribution in [2.45, 2.75) is 50.6 Å². The molecule has 27 heavy (non-hydrogen) atoms. The normalized spacial score (nSPS) is 33.1. The van der Waals surface area contributed by atoms with Crippen LogP contribution in [-0.4, -0.2) is 52.4 Å². The summed E-state index contributed by atoms with van der Waals surface area (Å²) in [5.74, 6) is 1.21. The first kappa shape index (κ1) is 18.0. The predicted octanol–water partition coefficient (Wildman–Crippen LogP) is 4.42. The molecule has 144 valence electrons. The lowest BCUT2D eigenvalue weighted by Gasteiger charge is -2.54. The highest BCUT2D eigenvalue weighted by molar-refractivity contribution is 6.34. The molecule has 4 aliphatic rings. The van der Waals surface area contributed by atoms with Crippen molar-refractivity contribution in [3.8, 4) is 0 Å². The maximum atomic E-state index is 13.3. The largest absolute Gasteiger partial charge is 0.332 e. The zero-order valence-corrected chi connectivity index (χ0v) is 16.9. The number of pyridine rings is 1. The molecule has 3 saturated heterocycles. The van der Waals surface area contributed by atoms with Crippen LogP contribution in [0.3, 0.4) is 0 Å². The number of hydrogen-bond acceptors (Lipinski definition) is 3. The van der Waals surface area contributed by atoms with E-state index in [4.69, 9.17) is 23.2 Å². The Hall–Kier alpha value is -1.10. The third-order valence-corrected chi connectivity index (χ3v) is 7.46. The van der Waals surface area contributed by atoms with Gasteiger partial charge in [0.2, 0.25) is 0 Å². The quantitative estimate of drug-likeness (QED) is 0.512. The lowest BCUT2D eigenvalue weighted by molar-refractivity contribution is 0.00147. The van der Waals surface area contributed by atoms with Gasteiger partial charge in [0.1, 0.15) is 10.3 Å². The zero-order valence-electron chi connectivity index (χ0n) is 15.4. The van der Waals surface area contributed by atoms with Gasteiger partial charge in [-0.05, 0) is 62.6 Å². The van der Waals surface area contributed by atoms with E-state index in [1.54, 1.807) is 12.1 Å². The van der Waals surface area contributed by atoms with Crippen LogP contribution in [0, 0.1) is 11.8 Å². The highest BCUT2D eigenvalue weighted by Crippen LogP contribution is 2.45. The minimum atomic E-state index is -0.000940. The number of carbonyl (C=O) groups excluding carboxylic acids is 1. The van der Waals surface area contributed by atoms with Crippen molar-refractivity contribution in [2.75, 3.05) is 19.6 Å². The molecular formula is C21H25Cl2N3O. The van der Waals surface area contributed by atoms with Gasteiger partial charge in [-0.15, -0.1) is 0 Å². The molecule has 0 unspecified atom stereocenters. The number of halogens is 2. The molecule has 0 spiro atoms. The molecule has 1 amide bonds. The second-order valence-corrected chi connectivity index (χ2v) is 9.22. The van der Waals surface area contributed by atoms with E-state index in [1.165, 1.54) is 37.8 Å². The fraction of sp³-hybridized carbons (Fsp3) is 0.619. The van der Waals surface area contributed by atoms with Gasteiger partial charge in [0.25, 0.3) is 5.91 Å². The van der Waals surface area contributed by atoms with E-state index < -0.39 is 0 Å². The number of likely N-dealkylation sites (tertiary alicyclic amines) is 1. The fourth-order valence-corrected chi connectivity index (χ4v) is 6.35. The Balaban J connectivity index is 1.47. The molecule has 4 nitrogen and oxygen atoms in total. The van der Waals surface area contributed by atoms with Crippen molar-refractivity contribution in [3.05, 3.63) is 39.7 Å². The summed E-state index contributed by atoms with van der Waals surface area (Å²) in [5, 5.41) is 0.525. The molecule has 4 heterocycles. The Labute approximate surface area is 170 Å². The molecule has 6 heteroatoms. The summed E-state index contributed by atoms with van der Waals surface area (Å²) in [4.78, 5) is 22.2. The molecule has 5 rings (SSSR count). The topological polar surface area (TPSA) is 36.4 Å². The van der Waals surface area contributed by atoms with Gasteiger partial charge in [-0.25, -0.2) is 4.98 Å². The van der Waals surface area contributed by atoms with Gasteiger partial charge in [-0.2, -0.15) is 0 Å². The fourth-order valence-electron chi connectivity index (χ4n) is 5.93. The number of carbonyl (C=O) groups is 1. The van der Waals surface area contributed by atoms with Gasteiger partial charge in [-0.3, -0.25) is 9.69 Å². The maximum absolute atomic E-state index is 13.3. The van der Waals surface area contributed by atoms with E-state index in [2.05, 4.69) is 20.9 Å². The molecule has 3 fully saturated rings. The molecule has 2 bridgehead atoms. The first-order chi connectivity index (χ1) is 13.1. The first-order valence-corrected chi connectivity index (χ1v) is 10.9. The minimum Gasteiger partial charge on any atom is -0.332 e. The lowest BCUT2D eigenvalue weighted by Crippen LogP contribution is -2.60. The lowest BCUT2D eigenvalue weighted by atomic mass is 9.68. The standard InChI is InChI=1S/C21H25Cl2N3O/c22-18-7-6-16(20(23)24-18)21(27)26-9-3-4-13-10-14-11-15(19(13)26)12-25-8-2-1-5-17(14)25/h6-7,10,14-15,17,19H,1-5,8-9,11-12H2/t14-,15+,17-,19-/m1/s1. The SMILES string of the molecule is O=C(c1ccc(Cl)nc1Cl)N1CCCC2=C[C@@H]3C[C@@H](CN4CCCC[C@H]34)[C@@H]21. The maximum Gasteiger partial charge on any atom is 0.257 e. The van der Waals surface area contributed by atoms with E-state index in [0.29, 0.717) is 22.6 Å². The van der Waals surface area contributed by atoms with Gasteiger partial charge < -0.3 is 4.90 Å². The molecule has 0 saturated carbocycles. The van der Waals surface area contributed by atoms with Gasteiger partial charge in [0, 0.05) is 19.1 Å². The molecule has 4 atom stereocenters. The Morgan fingerprint density at radius 2 is 2.04 bits per heavy atom. The Morgan fingerprint density at radius 3 is 2.89 bits per heavy atom. The monoisotopic (exact) mass is 405 g/mol. The number of amides is 1. The Bertz CT molecular complexity index is 796. The van der Waals surface area contributed by atoms with Crippen LogP contribution in [0.2, 0.25) is 10.3 Å². The molecule has 0 N–H and O–H groups in total. The first-order valence-electron chi connectivity index (χ1n) is 10.2. The van der Waals surface area contributed by atoms with Crippen molar-refractivity contribution in [2.24, 2.45) is 11.8 Å². The highest BCUT2D eigenvalue weighted by atomic mass is 35.5. The van der Waals surface area contributed by atoms with Crippen LogP contribution in [0.15, 0.2) is 23.8 Å². The van der Waals surface area contributed by atoms with Gasteiger partial charge in [0.05, 0.1) is 11.6 Å². The second kappa shape index (κ2) is 7.06. The van der Waals surface area contributed by atoms with Crippen LogP contribution >= 0.6 is 23.2 Å². The average Bonchev–Trinajstić information content (AvgIpc) is 2.67. The molecule has 1 aliphatic carbocycles. The summed E-state index contributed by atoms with van der Waals surface area (Å²) in [5.41, 5.74) is 1.95.